The molecule has 4 heterocycles. The van der Waals surface area contributed by atoms with Gasteiger partial charge in [-0.25, -0.2) is 9.78 Å². The van der Waals surface area contributed by atoms with Crippen LogP contribution in [0.4, 0.5) is 4.79 Å². The van der Waals surface area contributed by atoms with Crippen molar-refractivity contribution >= 4 is 28.3 Å². The molecule has 10 heteroatoms. The molecule has 2 amide bonds. The van der Waals surface area contributed by atoms with Crippen LogP contribution < -0.4 is 5.32 Å². The number of hydrogen-bond acceptors (Lipinski definition) is 7. The van der Waals surface area contributed by atoms with Crippen molar-refractivity contribution in [3.05, 3.63) is 23.0 Å². The van der Waals surface area contributed by atoms with Crippen molar-refractivity contribution in [2.45, 2.75) is 32.6 Å². The second-order valence-corrected chi connectivity index (χ2v) is 8.08. The Bertz CT molecular complexity index is 855. The maximum Gasteiger partial charge on any atom is 0.409 e. The molecular formula is C18H25N5O4S. The monoisotopic (exact) mass is 407 g/mol. The van der Waals surface area contributed by atoms with Crippen molar-refractivity contribution in [1.82, 2.24) is 24.5 Å². The maximum absolute atomic E-state index is 13.2. The number of thiazole rings is 1. The highest BCUT2D eigenvalue weighted by atomic mass is 32.1. The normalized spacial score (nSPS) is 22.9. The fourth-order valence-corrected chi connectivity index (χ4v) is 4.45. The Morgan fingerprint density at radius 1 is 1.36 bits per heavy atom. The van der Waals surface area contributed by atoms with Gasteiger partial charge in [0.2, 0.25) is 0 Å². The summed E-state index contributed by atoms with van der Waals surface area (Å²) in [6.45, 7) is 7.86. The van der Waals surface area contributed by atoms with Gasteiger partial charge in [0.15, 0.2) is 10.7 Å². The van der Waals surface area contributed by atoms with E-state index < -0.39 is 0 Å². The number of imidazole rings is 1. The number of morpholine rings is 1. The number of amides is 2. The first-order chi connectivity index (χ1) is 13.5. The van der Waals surface area contributed by atoms with Gasteiger partial charge in [0.05, 0.1) is 24.4 Å². The molecule has 1 N–H and O–H groups in total. The number of rotatable bonds is 6. The third kappa shape index (κ3) is 3.85. The SMILES string of the molecule is C[C@@H]1CN(C(=O)c2nc3sccn3c2CNCCN2CCOC2=O)C[C@H](C)O1. The molecule has 28 heavy (non-hydrogen) atoms. The van der Waals surface area contributed by atoms with Gasteiger partial charge < -0.3 is 24.6 Å². The second-order valence-electron chi connectivity index (χ2n) is 7.21. The molecule has 2 aliphatic heterocycles. The number of nitrogens with one attached hydrogen (secondary N) is 1. The number of hydrogen-bond donors (Lipinski definition) is 1. The van der Waals surface area contributed by atoms with Crippen molar-refractivity contribution < 1.29 is 19.1 Å². The number of aromatic nitrogens is 2. The van der Waals surface area contributed by atoms with Crippen LogP contribution in [0.5, 0.6) is 0 Å². The summed E-state index contributed by atoms with van der Waals surface area (Å²) in [4.78, 5) is 33.6. The van der Waals surface area contributed by atoms with Crippen LogP contribution in [0.3, 0.4) is 0 Å². The van der Waals surface area contributed by atoms with Crippen LogP contribution in [-0.2, 0) is 16.0 Å². The minimum absolute atomic E-state index is 0.0122. The van der Waals surface area contributed by atoms with Gasteiger partial charge >= 0.3 is 6.09 Å². The predicted molar refractivity (Wildman–Crippen MR) is 104 cm³/mol. The van der Waals surface area contributed by atoms with Gasteiger partial charge in [-0.3, -0.25) is 9.20 Å². The van der Waals surface area contributed by atoms with Crippen LogP contribution in [0.15, 0.2) is 11.6 Å². The first-order valence-corrected chi connectivity index (χ1v) is 10.4. The predicted octanol–water partition coefficient (Wildman–Crippen LogP) is 1.19. The summed E-state index contributed by atoms with van der Waals surface area (Å²) in [5.41, 5.74) is 1.33. The quantitative estimate of drug-likeness (QED) is 0.724. The number of fused-ring (bicyclic) bond motifs is 1. The Kier molecular flexibility index (Phi) is 5.51. The molecule has 0 bridgehead atoms. The Hall–Kier alpha value is -2.17. The maximum atomic E-state index is 13.2. The lowest BCUT2D eigenvalue weighted by Gasteiger charge is -2.35. The summed E-state index contributed by atoms with van der Waals surface area (Å²) in [7, 11) is 0. The molecule has 0 aliphatic carbocycles. The summed E-state index contributed by atoms with van der Waals surface area (Å²) in [5, 5.41) is 5.29. The Morgan fingerprint density at radius 3 is 2.86 bits per heavy atom. The smallest absolute Gasteiger partial charge is 0.409 e. The highest BCUT2D eigenvalue weighted by Gasteiger charge is 2.30. The van der Waals surface area contributed by atoms with Crippen molar-refractivity contribution in [1.29, 1.82) is 0 Å². The fraction of sp³-hybridized carbons (Fsp3) is 0.611. The van der Waals surface area contributed by atoms with Crippen LogP contribution in [0.1, 0.15) is 30.0 Å². The molecule has 0 spiro atoms. The molecule has 0 radical (unpaired) electrons. The van der Waals surface area contributed by atoms with Gasteiger partial charge in [0.1, 0.15) is 6.61 Å². The fourth-order valence-electron chi connectivity index (χ4n) is 3.72. The van der Waals surface area contributed by atoms with Crippen LogP contribution in [0, 0.1) is 0 Å². The zero-order valence-electron chi connectivity index (χ0n) is 16.1. The number of carbonyl (C=O) groups excluding carboxylic acids is 2. The van der Waals surface area contributed by atoms with Gasteiger partial charge in [-0.1, -0.05) is 0 Å². The van der Waals surface area contributed by atoms with Gasteiger partial charge in [0, 0.05) is 44.3 Å². The summed E-state index contributed by atoms with van der Waals surface area (Å²) in [5.74, 6) is -0.0576. The largest absolute Gasteiger partial charge is 0.448 e. The van der Waals surface area contributed by atoms with E-state index >= 15 is 0 Å². The minimum atomic E-state index is -0.266. The Morgan fingerprint density at radius 2 is 2.14 bits per heavy atom. The third-order valence-corrected chi connectivity index (χ3v) is 5.72. The molecule has 2 fully saturated rings. The molecule has 2 saturated heterocycles. The van der Waals surface area contributed by atoms with Gasteiger partial charge in [0.25, 0.3) is 5.91 Å². The highest BCUT2D eigenvalue weighted by Crippen LogP contribution is 2.21. The zero-order chi connectivity index (χ0) is 19.7. The molecule has 0 aromatic carbocycles. The van der Waals surface area contributed by atoms with Crippen molar-refractivity contribution in [2.75, 3.05) is 39.3 Å². The Labute approximate surface area is 167 Å². The van der Waals surface area contributed by atoms with E-state index in [1.54, 1.807) is 4.90 Å². The lowest BCUT2D eigenvalue weighted by Crippen LogP contribution is -2.48. The Balaban J connectivity index is 1.45. The van der Waals surface area contributed by atoms with E-state index in [0.29, 0.717) is 51.6 Å². The number of carbonyl (C=O) groups is 2. The molecule has 0 saturated carbocycles. The molecule has 9 nitrogen and oxygen atoms in total. The molecule has 4 rings (SSSR count). The molecule has 2 aromatic rings. The minimum Gasteiger partial charge on any atom is -0.448 e. The number of ether oxygens (including phenoxy) is 2. The average molecular weight is 407 g/mol. The number of nitrogens with zero attached hydrogens (tertiary/aromatic N) is 4. The first kappa shape index (κ1) is 19.2. The lowest BCUT2D eigenvalue weighted by molar-refractivity contribution is -0.0587. The first-order valence-electron chi connectivity index (χ1n) is 9.54. The van der Waals surface area contributed by atoms with Gasteiger partial charge in [-0.2, -0.15) is 0 Å². The van der Waals surface area contributed by atoms with Gasteiger partial charge in [-0.05, 0) is 13.8 Å². The van der Waals surface area contributed by atoms with Crippen LogP contribution >= 0.6 is 11.3 Å². The molecule has 152 valence electrons. The molecule has 0 unspecified atom stereocenters. The second kappa shape index (κ2) is 8.06. The van der Waals surface area contributed by atoms with E-state index in [1.165, 1.54) is 11.3 Å². The van der Waals surface area contributed by atoms with E-state index in [4.69, 9.17) is 9.47 Å². The molecule has 2 atom stereocenters. The van der Waals surface area contributed by atoms with Crippen LogP contribution in [-0.4, -0.2) is 82.7 Å². The average Bonchev–Trinajstić information content (AvgIpc) is 3.34. The molecule has 2 aliphatic rings. The van der Waals surface area contributed by atoms with E-state index in [0.717, 1.165) is 10.7 Å². The topological polar surface area (TPSA) is 88.4 Å². The van der Waals surface area contributed by atoms with Crippen molar-refractivity contribution in [3.8, 4) is 0 Å². The summed E-state index contributed by atoms with van der Waals surface area (Å²) < 4.78 is 12.6. The van der Waals surface area contributed by atoms with Crippen LogP contribution in [0.2, 0.25) is 0 Å². The summed E-state index contributed by atoms with van der Waals surface area (Å²) in [6.07, 6.45) is 1.69. The van der Waals surface area contributed by atoms with E-state index in [1.807, 2.05) is 34.7 Å². The van der Waals surface area contributed by atoms with E-state index in [2.05, 4.69) is 10.3 Å². The van der Waals surface area contributed by atoms with E-state index in [9.17, 15) is 9.59 Å². The lowest BCUT2D eigenvalue weighted by atomic mass is 10.2. The summed E-state index contributed by atoms with van der Waals surface area (Å²) in [6, 6.07) is 0. The molecular weight excluding hydrogens is 382 g/mol. The zero-order valence-corrected chi connectivity index (χ0v) is 16.9. The van der Waals surface area contributed by atoms with Crippen molar-refractivity contribution in [3.63, 3.8) is 0 Å². The van der Waals surface area contributed by atoms with E-state index in [-0.39, 0.29) is 24.2 Å². The van der Waals surface area contributed by atoms with Crippen molar-refractivity contribution in [2.24, 2.45) is 0 Å². The number of cyclic esters (lactones) is 1. The van der Waals surface area contributed by atoms with Crippen LogP contribution in [0.25, 0.3) is 4.96 Å². The standard InChI is InChI=1S/C18H25N5O4S/c1-12-10-22(11-13(2)27-12)16(24)15-14(23-6-8-28-17(23)20-15)9-19-3-4-21-5-7-26-18(21)25/h6,8,12-13,19H,3-5,7,9-11H2,1-2H3/t12-,13+. The molecule has 2 aromatic heterocycles. The summed E-state index contributed by atoms with van der Waals surface area (Å²) >= 11 is 1.51. The van der Waals surface area contributed by atoms with Gasteiger partial charge in [-0.15, -0.1) is 11.3 Å². The highest BCUT2D eigenvalue weighted by molar-refractivity contribution is 7.15. The third-order valence-electron chi connectivity index (χ3n) is 4.97.